The molecular formula is C14H26N2O. The van der Waals surface area contributed by atoms with Gasteiger partial charge in [0.15, 0.2) is 0 Å². The number of rotatable bonds is 5. The van der Waals surface area contributed by atoms with Gasteiger partial charge < -0.3 is 15.8 Å². The summed E-state index contributed by atoms with van der Waals surface area (Å²) in [7, 11) is 0. The van der Waals surface area contributed by atoms with Gasteiger partial charge in [-0.1, -0.05) is 32.7 Å². The molecule has 1 rings (SSSR count). The van der Waals surface area contributed by atoms with Crippen molar-refractivity contribution in [1.82, 2.24) is 5.32 Å². The van der Waals surface area contributed by atoms with Crippen molar-refractivity contribution in [3.05, 3.63) is 37.6 Å². The molecule has 0 amide bonds. The van der Waals surface area contributed by atoms with Crippen molar-refractivity contribution in [1.29, 1.82) is 0 Å². The average molecular weight is 238 g/mol. The highest BCUT2D eigenvalue weighted by molar-refractivity contribution is 5.11. The molecule has 0 saturated carbocycles. The minimum Gasteiger partial charge on any atom is -0.501 e. The molecule has 1 aliphatic heterocycles. The van der Waals surface area contributed by atoms with Gasteiger partial charge in [0.2, 0.25) is 0 Å². The van der Waals surface area contributed by atoms with Crippen LogP contribution in [0, 0.1) is 5.41 Å². The lowest BCUT2D eigenvalue weighted by molar-refractivity contribution is 0.0931. The molecule has 3 nitrogen and oxygen atoms in total. The summed E-state index contributed by atoms with van der Waals surface area (Å²) >= 11 is 0. The van der Waals surface area contributed by atoms with Gasteiger partial charge in [0, 0.05) is 12.0 Å². The van der Waals surface area contributed by atoms with E-state index < -0.39 is 0 Å². The molecule has 0 aromatic heterocycles. The van der Waals surface area contributed by atoms with Crippen LogP contribution < -0.4 is 11.1 Å². The molecule has 0 aliphatic carbocycles. The summed E-state index contributed by atoms with van der Waals surface area (Å²) in [6.07, 6.45) is 5.61. The Morgan fingerprint density at radius 1 is 1.41 bits per heavy atom. The molecule has 0 unspecified atom stereocenters. The monoisotopic (exact) mass is 238 g/mol. The SMILES string of the molecule is C=CC(=C)CN.C=COCC1(C)CCNCC1. The number of ether oxygens (including phenoxy) is 1. The first-order valence-corrected chi connectivity index (χ1v) is 6.01. The van der Waals surface area contributed by atoms with Gasteiger partial charge in [-0.3, -0.25) is 0 Å². The quantitative estimate of drug-likeness (QED) is 0.570. The third kappa shape index (κ3) is 7.77. The fraction of sp³-hybridized carbons (Fsp3) is 0.571. The zero-order valence-corrected chi connectivity index (χ0v) is 11.0. The van der Waals surface area contributed by atoms with Crippen molar-refractivity contribution in [2.24, 2.45) is 11.1 Å². The molecule has 1 fully saturated rings. The third-order valence-electron chi connectivity index (χ3n) is 2.91. The second-order valence-electron chi connectivity index (χ2n) is 4.60. The Morgan fingerprint density at radius 2 is 2.00 bits per heavy atom. The maximum absolute atomic E-state index is 5.21. The van der Waals surface area contributed by atoms with Crippen LogP contribution in [-0.2, 0) is 4.74 Å². The second-order valence-corrected chi connectivity index (χ2v) is 4.60. The molecule has 0 bridgehead atoms. The van der Waals surface area contributed by atoms with E-state index in [0.29, 0.717) is 12.0 Å². The van der Waals surface area contributed by atoms with Crippen LogP contribution in [0.4, 0.5) is 0 Å². The van der Waals surface area contributed by atoms with E-state index in [1.54, 1.807) is 6.08 Å². The Labute approximate surface area is 105 Å². The molecule has 1 saturated heterocycles. The number of hydrogen-bond acceptors (Lipinski definition) is 3. The highest BCUT2D eigenvalue weighted by atomic mass is 16.5. The van der Waals surface area contributed by atoms with E-state index in [0.717, 1.165) is 25.3 Å². The maximum Gasteiger partial charge on any atom is 0.0927 e. The molecule has 0 aromatic rings. The van der Waals surface area contributed by atoms with Crippen LogP contribution in [0.5, 0.6) is 0 Å². The van der Waals surface area contributed by atoms with E-state index in [4.69, 9.17) is 10.5 Å². The number of nitrogens with one attached hydrogen (secondary N) is 1. The van der Waals surface area contributed by atoms with Crippen LogP contribution in [0.1, 0.15) is 19.8 Å². The Hall–Kier alpha value is -1.06. The number of nitrogens with two attached hydrogens (primary N) is 1. The molecular weight excluding hydrogens is 212 g/mol. The van der Waals surface area contributed by atoms with Crippen molar-refractivity contribution >= 4 is 0 Å². The normalized spacial score (nSPS) is 17.3. The first kappa shape index (κ1) is 15.9. The minimum atomic E-state index is 0.374. The van der Waals surface area contributed by atoms with Gasteiger partial charge in [0.05, 0.1) is 12.9 Å². The Bertz CT molecular complexity index is 243. The average Bonchev–Trinajstić information content (AvgIpc) is 2.37. The molecule has 0 radical (unpaired) electrons. The summed E-state index contributed by atoms with van der Waals surface area (Å²) in [5, 5.41) is 3.33. The van der Waals surface area contributed by atoms with E-state index in [2.05, 4.69) is 32.0 Å². The molecule has 3 N–H and O–H groups in total. The van der Waals surface area contributed by atoms with Gasteiger partial charge in [0.25, 0.3) is 0 Å². The van der Waals surface area contributed by atoms with E-state index in [1.807, 2.05) is 0 Å². The summed E-state index contributed by atoms with van der Waals surface area (Å²) in [4.78, 5) is 0. The van der Waals surface area contributed by atoms with Gasteiger partial charge in [0.1, 0.15) is 0 Å². The summed E-state index contributed by atoms with van der Waals surface area (Å²) < 4.78 is 5.21. The molecule has 0 atom stereocenters. The van der Waals surface area contributed by atoms with E-state index in [-0.39, 0.29) is 0 Å². The molecule has 98 valence electrons. The standard InChI is InChI=1S/C9H17NO.C5H9N/c1-3-11-8-9(2)4-6-10-7-5-9;1-3-5(2)4-6/h3,10H,1,4-8H2,2H3;3H,1-2,4,6H2. The minimum absolute atomic E-state index is 0.374. The lowest BCUT2D eigenvalue weighted by atomic mass is 9.82. The molecule has 1 heterocycles. The van der Waals surface area contributed by atoms with Crippen molar-refractivity contribution < 1.29 is 4.74 Å². The summed E-state index contributed by atoms with van der Waals surface area (Å²) in [5.41, 5.74) is 6.37. The fourth-order valence-electron chi connectivity index (χ4n) is 1.52. The first-order valence-electron chi connectivity index (χ1n) is 6.01. The van der Waals surface area contributed by atoms with Gasteiger partial charge in [-0.05, 0) is 31.5 Å². The smallest absolute Gasteiger partial charge is 0.0927 e. The predicted molar refractivity (Wildman–Crippen MR) is 74.8 cm³/mol. The van der Waals surface area contributed by atoms with Crippen LogP contribution in [0.3, 0.4) is 0 Å². The summed E-state index contributed by atoms with van der Waals surface area (Å²) in [6, 6.07) is 0. The van der Waals surface area contributed by atoms with Crippen molar-refractivity contribution in [3.8, 4) is 0 Å². The van der Waals surface area contributed by atoms with Gasteiger partial charge in [-0.15, -0.1) is 0 Å². The lowest BCUT2D eigenvalue weighted by Gasteiger charge is -2.33. The van der Waals surface area contributed by atoms with Gasteiger partial charge >= 0.3 is 0 Å². The maximum atomic E-state index is 5.21. The predicted octanol–water partition coefficient (Wildman–Crippen LogP) is 2.22. The molecule has 3 heteroatoms. The Kier molecular flexibility index (Phi) is 8.46. The van der Waals surface area contributed by atoms with Crippen LogP contribution in [0.15, 0.2) is 37.6 Å². The second kappa shape index (κ2) is 9.02. The summed E-state index contributed by atoms with van der Waals surface area (Å²) in [5.74, 6) is 0. The van der Waals surface area contributed by atoms with E-state index >= 15 is 0 Å². The van der Waals surface area contributed by atoms with Crippen LogP contribution in [-0.4, -0.2) is 26.2 Å². The third-order valence-corrected chi connectivity index (χ3v) is 2.91. The highest BCUT2D eigenvalue weighted by Gasteiger charge is 2.26. The van der Waals surface area contributed by atoms with Crippen LogP contribution >= 0.6 is 0 Å². The van der Waals surface area contributed by atoms with Gasteiger partial charge in [-0.25, -0.2) is 0 Å². The first-order chi connectivity index (χ1) is 8.08. The van der Waals surface area contributed by atoms with E-state index in [1.165, 1.54) is 19.1 Å². The summed E-state index contributed by atoms with van der Waals surface area (Å²) in [6.45, 7) is 16.4. The molecule has 0 aromatic carbocycles. The number of piperidine rings is 1. The zero-order valence-electron chi connectivity index (χ0n) is 11.0. The molecule has 0 spiro atoms. The van der Waals surface area contributed by atoms with Crippen molar-refractivity contribution in [3.63, 3.8) is 0 Å². The molecule has 17 heavy (non-hydrogen) atoms. The topological polar surface area (TPSA) is 47.3 Å². The highest BCUT2D eigenvalue weighted by Crippen LogP contribution is 2.27. The van der Waals surface area contributed by atoms with Gasteiger partial charge in [-0.2, -0.15) is 0 Å². The van der Waals surface area contributed by atoms with E-state index in [9.17, 15) is 0 Å². The zero-order chi connectivity index (χ0) is 13.1. The van der Waals surface area contributed by atoms with Crippen LogP contribution in [0.25, 0.3) is 0 Å². The lowest BCUT2D eigenvalue weighted by Crippen LogP contribution is -2.37. The van der Waals surface area contributed by atoms with Crippen LogP contribution in [0.2, 0.25) is 0 Å². The van der Waals surface area contributed by atoms with Crippen molar-refractivity contribution in [2.75, 3.05) is 26.2 Å². The van der Waals surface area contributed by atoms with Crippen molar-refractivity contribution in [2.45, 2.75) is 19.8 Å². The largest absolute Gasteiger partial charge is 0.501 e. The Balaban J connectivity index is 0.000000366. The fourth-order valence-corrected chi connectivity index (χ4v) is 1.52. The Morgan fingerprint density at radius 3 is 2.35 bits per heavy atom. The molecule has 1 aliphatic rings. The number of hydrogen-bond donors (Lipinski definition) is 2.